The van der Waals surface area contributed by atoms with Crippen LogP contribution in [-0.2, 0) is 5.41 Å². The normalized spacial score (nSPS) is 11.8. The Kier molecular flexibility index (Phi) is 3.55. The van der Waals surface area contributed by atoms with E-state index in [4.69, 9.17) is 0 Å². The van der Waals surface area contributed by atoms with Crippen LogP contribution < -0.4 is 5.32 Å². The summed E-state index contributed by atoms with van der Waals surface area (Å²) in [7, 11) is 0. The van der Waals surface area contributed by atoms with Crippen LogP contribution in [0.15, 0.2) is 30.5 Å². The van der Waals surface area contributed by atoms with Gasteiger partial charge < -0.3 is 5.32 Å². The standard InChI is InChI=1S/C16H22N2/c1-5-10-17-14-9-11-18-15-12(14)7-6-8-13(15)16(2,3)4/h6-9,11H,5,10H2,1-4H3,(H,17,18). The van der Waals surface area contributed by atoms with Gasteiger partial charge in [-0.1, -0.05) is 45.9 Å². The molecule has 96 valence electrons. The van der Waals surface area contributed by atoms with Gasteiger partial charge >= 0.3 is 0 Å². The van der Waals surface area contributed by atoms with E-state index in [1.54, 1.807) is 0 Å². The molecule has 0 spiro atoms. The lowest BCUT2D eigenvalue weighted by Gasteiger charge is -2.21. The van der Waals surface area contributed by atoms with Gasteiger partial charge in [-0.15, -0.1) is 0 Å². The Labute approximate surface area is 109 Å². The predicted molar refractivity (Wildman–Crippen MR) is 79.2 cm³/mol. The third-order valence-corrected chi connectivity index (χ3v) is 3.14. The first-order valence-corrected chi connectivity index (χ1v) is 6.66. The van der Waals surface area contributed by atoms with E-state index in [2.05, 4.69) is 62.3 Å². The Bertz CT molecular complexity index is 538. The van der Waals surface area contributed by atoms with Gasteiger partial charge in [-0.25, -0.2) is 0 Å². The highest BCUT2D eigenvalue weighted by atomic mass is 14.9. The number of para-hydroxylation sites is 1. The number of anilines is 1. The number of nitrogens with one attached hydrogen (secondary N) is 1. The van der Waals surface area contributed by atoms with Crippen molar-refractivity contribution in [2.45, 2.75) is 39.5 Å². The first kappa shape index (κ1) is 12.9. The lowest BCUT2D eigenvalue weighted by molar-refractivity contribution is 0.594. The quantitative estimate of drug-likeness (QED) is 0.865. The zero-order valence-electron chi connectivity index (χ0n) is 11.7. The molecule has 0 aliphatic heterocycles. The largest absolute Gasteiger partial charge is 0.384 e. The average Bonchev–Trinajstić information content (AvgIpc) is 2.34. The van der Waals surface area contributed by atoms with Crippen LogP contribution in [0.1, 0.15) is 39.7 Å². The van der Waals surface area contributed by atoms with E-state index in [-0.39, 0.29) is 5.41 Å². The fraction of sp³-hybridized carbons (Fsp3) is 0.438. The predicted octanol–water partition coefficient (Wildman–Crippen LogP) is 4.35. The van der Waals surface area contributed by atoms with E-state index in [9.17, 15) is 0 Å². The number of aromatic nitrogens is 1. The van der Waals surface area contributed by atoms with Crippen molar-refractivity contribution in [3.05, 3.63) is 36.0 Å². The van der Waals surface area contributed by atoms with Gasteiger partial charge in [0.25, 0.3) is 0 Å². The summed E-state index contributed by atoms with van der Waals surface area (Å²) in [6.45, 7) is 9.87. The molecule has 18 heavy (non-hydrogen) atoms. The summed E-state index contributed by atoms with van der Waals surface area (Å²) in [4.78, 5) is 4.58. The van der Waals surface area contributed by atoms with Crippen molar-refractivity contribution in [1.29, 1.82) is 0 Å². The van der Waals surface area contributed by atoms with Crippen LogP contribution in [-0.4, -0.2) is 11.5 Å². The van der Waals surface area contributed by atoms with Crippen molar-refractivity contribution < 1.29 is 0 Å². The maximum Gasteiger partial charge on any atom is 0.0760 e. The highest BCUT2D eigenvalue weighted by Crippen LogP contribution is 2.31. The SMILES string of the molecule is CCCNc1ccnc2c(C(C)(C)C)cccc12. The van der Waals surface area contributed by atoms with Crippen LogP contribution in [0.2, 0.25) is 0 Å². The monoisotopic (exact) mass is 242 g/mol. The van der Waals surface area contributed by atoms with Gasteiger partial charge in [0.15, 0.2) is 0 Å². The van der Waals surface area contributed by atoms with Crippen LogP contribution in [0.4, 0.5) is 5.69 Å². The number of pyridine rings is 1. The lowest BCUT2D eigenvalue weighted by atomic mass is 9.85. The second-order valence-electron chi connectivity index (χ2n) is 5.74. The first-order valence-electron chi connectivity index (χ1n) is 6.66. The molecule has 2 nitrogen and oxygen atoms in total. The van der Waals surface area contributed by atoms with E-state index < -0.39 is 0 Å². The Morgan fingerprint density at radius 2 is 1.94 bits per heavy atom. The van der Waals surface area contributed by atoms with Crippen molar-refractivity contribution in [2.24, 2.45) is 0 Å². The van der Waals surface area contributed by atoms with Crippen molar-refractivity contribution in [2.75, 3.05) is 11.9 Å². The molecule has 0 amide bonds. The molecule has 1 N–H and O–H groups in total. The van der Waals surface area contributed by atoms with Gasteiger partial charge in [0.05, 0.1) is 5.52 Å². The number of rotatable bonds is 3. The highest BCUT2D eigenvalue weighted by molar-refractivity contribution is 5.93. The first-order chi connectivity index (χ1) is 8.54. The Hall–Kier alpha value is -1.57. The lowest BCUT2D eigenvalue weighted by Crippen LogP contribution is -2.12. The molecule has 2 heteroatoms. The molecule has 0 atom stereocenters. The molecule has 0 bridgehead atoms. The number of fused-ring (bicyclic) bond motifs is 1. The average molecular weight is 242 g/mol. The van der Waals surface area contributed by atoms with E-state index in [1.807, 2.05) is 6.20 Å². The summed E-state index contributed by atoms with van der Waals surface area (Å²) in [6.07, 6.45) is 3.03. The van der Waals surface area contributed by atoms with Crippen LogP contribution in [0.25, 0.3) is 10.9 Å². The van der Waals surface area contributed by atoms with Crippen molar-refractivity contribution in [3.8, 4) is 0 Å². The van der Waals surface area contributed by atoms with Crippen LogP contribution in [0.3, 0.4) is 0 Å². The number of hydrogen-bond acceptors (Lipinski definition) is 2. The minimum atomic E-state index is 0.121. The minimum absolute atomic E-state index is 0.121. The van der Waals surface area contributed by atoms with Crippen molar-refractivity contribution in [1.82, 2.24) is 4.98 Å². The molecule has 0 aliphatic rings. The number of hydrogen-bond donors (Lipinski definition) is 1. The third-order valence-electron chi connectivity index (χ3n) is 3.14. The molecular formula is C16H22N2. The zero-order valence-corrected chi connectivity index (χ0v) is 11.7. The Balaban J connectivity index is 2.58. The van der Waals surface area contributed by atoms with Gasteiger partial charge in [-0.05, 0) is 23.5 Å². The fourth-order valence-corrected chi connectivity index (χ4v) is 2.20. The number of benzene rings is 1. The number of nitrogens with zero attached hydrogens (tertiary/aromatic N) is 1. The van der Waals surface area contributed by atoms with E-state index >= 15 is 0 Å². The second-order valence-corrected chi connectivity index (χ2v) is 5.74. The molecule has 0 radical (unpaired) electrons. The zero-order chi connectivity index (χ0) is 13.2. The van der Waals surface area contributed by atoms with Gasteiger partial charge in [-0.2, -0.15) is 0 Å². The Morgan fingerprint density at radius 3 is 2.61 bits per heavy atom. The van der Waals surface area contributed by atoms with E-state index in [0.717, 1.165) is 18.5 Å². The van der Waals surface area contributed by atoms with Crippen LogP contribution >= 0.6 is 0 Å². The van der Waals surface area contributed by atoms with Crippen molar-refractivity contribution in [3.63, 3.8) is 0 Å². The van der Waals surface area contributed by atoms with Gasteiger partial charge in [0.1, 0.15) is 0 Å². The summed E-state index contributed by atoms with van der Waals surface area (Å²) >= 11 is 0. The summed E-state index contributed by atoms with van der Waals surface area (Å²) < 4.78 is 0. The van der Waals surface area contributed by atoms with Gasteiger partial charge in [0, 0.05) is 23.8 Å². The van der Waals surface area contributed by atoms with Crippen LogP contribution in [0, 0.1) is 0 Å². The summed E-state index contributed by atoms with van der Waals surface area (Å²) in [6, 6.07) is 8.51. The van der Waals surface area contributed by atoms with Gasteiger partial charge in [-0.3, -0.25) is 4.98 Å². The smallest absolute Gasteiger partial charge is 0.0760 e. The second kappa shape index (κ2) is 4.97. The van der Waals surface area contributed by atoms with E-state index in [1.165, 1.54) is 16.6 Å². The molecule has 2 rings (SSSR count). The molecule has 0 saturated heterocycles. The highest BCUT2D eigenvalue weighted by Gasteiger charge is 2.18. The molecule has 0 unspecified atom stereocenters. The Morgan fingerprint density at radius 1 is 1.17 bits per heavy atom. The summed E-state index contributed by atoms with van der Waals surface area (Å²) in [5.41, 5.74) is 3.73. The molecule has 1 aromatic carbocycles. The maximum absolute atomic E-state index is 4.58. The molecule has 1 heterocycles. The molecule has 2 aromatic rings. The van der Waals surface area contributed by atoms with E-state index in [0.29, 0.717) is 0 Å². The summed E-state index contributed by atoms with van der Waals surface area (Å²) in [5.74, 6) is 0. The third kappa shape index (κ3) is 2.47. The summed E-state index contributed by atoms with van der Waals surface area (Å²) in [5, 5.41) is 4.70. The van der Waals surface area contributed by atoms with Crippen molar-refractivity contribution >= 4 is 16.6 Å². The minimum Gasteiger partial charge on any atom is -0.384 e. The molecular weight excluding hydrogens is 220 g/mol. The van der Waals surface area contributed by atoms with Crippen LogP contribution in [0.5, 0.6) is 0 Å². The molecule has 0 fully saturated rings. The fourth-order valence-electron chi connectivity index (χ4n) is 2.20. The maximum atomic E-state index is 4.58. The topological polar surface area (TPSA) is 24.9 Å². The molecule has 1 aromatic heterocycles. The molecule has 0 saturated carbocycles. The van der Waals surface area contributed by atoms with Gasteiger partial charge in [0.2, 0.25) is 0 Å². The molecule has 0 aliphatic carbocycles.